The molecule has 82 valence electrons. The molecule has 0 saturated heterocycles. The monoisotopic (exact) mass is 219 g/mol. The lowest BCUT2D eigenvalue weighted by atomic mass is 10.0. The van der Waals surface area contributed by atoms with Crippen LogP contribution in [0.1, 0.15) is 11.1 Å². The summed E-state index contributed by atoms with van der Waals surface area (Å²) in [5.74, 6) is 0. The van der Waals surface area contributed by atoms with Crippen molar-refractivity contribution in [2.75, 3.05) is 0 Å². The Morgan fingerprint density at radius 3 is 2.82 bits per heavy atom. The molecule has 0 unspecified atom stereocenters. The van der Waals surface area contributed by atoms with E-state index in [1.165, 1.54) is 33.3 Å². The van der Waals surface area contributed by atoms with E-state index in [-0.39, 0.29) is 0 Å². The fourth-order valence-corrected chi connectivity index (χ4v) is 2.88. The second kappa shape index (κ2) is 3.01. The van der Waals surface area contributed by atoms with E-state index in [0.717, 1.165) is 6.54 Å². The predicted octanol–water partition coefficient (Wildman–Crippen LogP) is 3.98. The van der Waals surface area contributed by atoms with Gasteiger partial charge in [0, 0.05) is 28.7 Å². The van der Waals surface area contributed by atoms with Crippen molar-refractivity contribution in [2.45, 2.75) is 13.5 Å². The van der Waals surface area contributed by atoms with Crippen molar-refractivity contribution in [1.29, 1.82) is 0 Å². The molecule has 2 aromatic carbocycles. The number of para-hydroxylation sites is 1. The zero-order valence-electron chi connectivity index (χ0n) is 9.77. The Bertz CT molecular complexity index is 734. The van der Waals surface area contributed by atoms with E-state index in [9.17, 15) is 0 Å². The van der Waals surface area contributed by atoms with E-state index in [1.807, 2.05) is 0 Å². The number of rotatable bonds is 0. The minimum atomic E-state index is 1.01. The fraction of sp³-hybridized carbons (Fsp3) is 0.125. The summed E-state index contributed by atoms with van der Waals surface area (Å²) in [7, 11) is 0. The second-order valence-electron chi connectivity index (χ2n) is 4.84. The Morgan fingerprint density at radius 2 is 1.88 bits per heavy atom. The van der Waals surface area contributed by atoms with E-state index in [4.69, 9.17) is 0 Å². The van der Waals surface area contributed by atoms with Crippen LogP contribution >= 0.6 is 0 Å². The van der Waals surface area contributed by atoms with Crippen LogP contribution in [-0.2, 0) is 6.54 Å². The number of aryl methyl sites for hydroxylation is 1. The highest BCUT2D eigenvalue weighted by atomic mass is 15.0. The first-order chi connectivity index (χ1) is 8.33. The zero-order chi connectivity index (χ0) is 11.4. The molecular formula is C16H13N. The molecule has 1 aliphatic rings. The molecule has 0 N–H and O–H groups in total. The van der Waals surface area contributed by atoms with Gasteiger partial charge < -0.3 is 4.57 Å². The quantitative estimate of drug-likeness (QED) is 0.421. The molecule has 1 aromatic heterocycles. The van der Waals surface area contributed by atoms with Crippen LogP contribution in [0, 0.1) is 6.92 Å². The average Bonchev–Trinajstić information content (AvgIpc) is 2.84. The zero-order valence-corrected chi connectivity index (χ0v) is 9.77. The summed E-state index contributed by atoms with van der Waals surface area (Å²) in [6.45, 7) is 3.17. The Morgan fingerprint density at radius 1 is 1.00 bits per heavy atom. The van der Waals surface area contributed by atoms with Gasteiger partial charge in [0.25, 0.3) is 0 Å². The molecule has 1 aliphatic heterocycles. The molecule has 0 fully saturated rings. The van der Waals surface area contributed by atoms with Gasteiger partial charge in [-0.15, -0.1) is 0 Å². The minimum Gasteiger partial charge on any atom is -0.336 e. The topological polar surface area (TPSA) is 4.93 Å². The summed E-state index contributed by atoms with van der Waals surface area (Å²) < 4.78 is 2.42. The van der Waals surface area contributed by atoms with Crippen LogP contribution in [0.4, 0.5) is 0 Å². The maximum atomic E-state index is 2.42. The number of nitrogens with zero attached hydrogens (tertiary/aromatic N) is 1. The van der Waals surface area contributed by atoms with Crippen LogP contribution < -0.4 is 0 Å². The standard InChI is InChI=1S/C16H13N/c1-11-6-7-14-13(8-11)10-17-15-5-3-2-4-12(15)9-16(14)17/h2-9H,10H2,1H3. The number of hydrogen-bond donors (Lipinski definition) is 0. The maximum absolute atomic E-state index is 2.42. The van der Waals surface area contributed by atoms with Gasteiger partial charge in [-0.1, -0.05) is 42.0 Å². The first kappa shape index (κ1) is 9.06. The van der Waals surface area contributed by atoms with Gasteiger partial charge in [-0.25, -0.2) is 0 Å². The third kappa shape index (κ3) is 1.14. The first-order valence-corrected chi connectivity index (χ1v) is 6.01. The third-order valence-electron chi connectivity index (χ3n) is 3.68. The summed E-state index contributed by atoms with van der Waals surface area (Å²) in [6, 6.07) is 17.7. The molecular weight excluding hydrogens is 206 g/mol. The lowest BCUT2D eigenvalue weighted by Gasteiger charge is -2.00. The highest BCUT2D eigenvalue weighted by Crippen LogP contribution is 2.37. The number of hydrogen-bond acceptors (Lipinski definition) is 0. The molecule has 3 aromatic rings. The first-order valence-electron chi connectivity index (χ1n) is 6.01. The van der Waals surface area contributed by atoms with Gasteiger partial charge in [-0.3, -0.25) is 0 Å². The molecule has 0 radical (unpaired) electrons. The smallest absolute Gasteiger partial charge is 0.0497 e. The van der Waals surface area contributed by atoms with Gasteiger partial charge in [0.15, 0.2) is 0 Å². The van der Waals surface area contributed by atoms with Crippen molar-refractivity contribution in [3.63, 3.8) is 0 Å². The average molecular weight is 219 g/mol. The molecule has 0 atom stereocenters. The Kier molecular flexibility index (Phi) is 1.60. The summed E-state index contributed by atoms with van der Waals surface area (Å²) in [4.78, 5) is 0. The Labute approximate surface area is 100 Å². The van der Waals surface area contributed by atoms with Crippen LogP contribution in [0.25, 0.3) is 22.2 Å². The lowest BCUT2D eigenvalue weighted by Crippen LogP contribution is -1.91. The molecule has 4 rings (SSSR count). The van der Waals surface area contributed by atoms with Crippen LogP contribution in [0.2, 0.25) is 0 Å². The van der Waals surface area contributed by atoms with Gasteiger partial charge in [-0.05, 0) is 24.6 Å². The van der Waals surface area contributed by atoms with E-state index in [0.29, 0.717) is 0 Å². The van der Waals surface area contributed by atoms with Crippen molar-refractivity contribution in [3.05, 3.63) is 59.7 Å². The summed E-state index contributed by atoms with van der Waals surface area (Å²) in [5, 5.41) is 1.34. The molecule has 1 heteroatoms. The summed E-state index contributed by atoms with van der Waals surface area (Å²) in [6.07, 6.45) is 0. The second-order valence-corrected chi connectivity index (χ2v) is 4.84. The minimum absolute atomic E-state index is 1.01. The van der Waals surface area contributed by atoms with Gasteiger partial charge in [0.1, 0.15) is 0 Å². The Balaban J connectivity index is 2.06. The highest BCUT2D eigenvalue weighted by molar-refractivity contribution is 5.89. The van der Waals surface area contributed by atoms with Crippen molar-refractivity contribution >= 4 is 10.9 Å². The van der Waals surface area contributed by atoms with Crippen molar-refractivity contribution < 1.29 is 0 Å². The molecule has 0 spiro atoms. The van der Waals surface area contributed by atoms with Gasteiger partial charge in [-0.2, -0.15) is 0 Å². The molecule has 0 aliphatic carbocycles. The van der Waals surface area contributed by atoms with Crippen LogP contribution in [0.3, 0.4) is 0 Å². The largest absolute Gasteiger partial charge is 0.336 e. The van der Waals surface area contributed by atoms with E-state index < -0.39 is 0 Å². The molecule has 2 heterocycles. The number of benzene rings is 2. The Hall–Kier alpha value is -2.02. The van der Waals surface area contributed by atoms with Crippen LogP contribution in [0.5, 0.6) is 0 Å². The van der Waals surface area contributed by atoms with Gasteiger partial charge in [0.05, 0.1) is 0 Å². The lowest BCUT2D eigenvalue weighted by molar-refractivity contribution is 0.886. The van der Waals surface area contributed by atoms with Crippen molar-refractivity contribution in [3.8, 4) is 11.3 Å². The molecule has 1 nitrogen and oxygen atoms in total. The third-order valence-corrected chi connectivity index (χ3v) is 3.68. The highest BCUT2D eigenvalue weighted by Gasteiger charge is 2.20. The van der Waals surface area contributed by atoms with E-state index in [2.05, 4.69) is 60.0 Å². The van der Waals surface area contributed by atoms with Crippen LogP contribution in [0.15, 0.2) is 48.5 Å². The predicted molar refractivity (Wildman–Crippen MR) is 71.2 cm³/mol. The molecule has 17 heavy (non-hydrogen) atoms. The van der Waals surface area contributed by atoms with Crippen molar-refractivity contribution in [2.24, 2.45) is 0 Å². The van der Waals surface area contributed by atoms with Gasteiger partial charge in [0.2, 0.25) is 0 Å². The normalized spacial score (nSPS) is 12.8. The maximum Gasteiger partial charge on any atom is 0.0497 e. The molecule has 0 amide bonds. The van der Waals surface area contributed by atoms with Crippen LogP contribution in [-0.4, -0.2) is 4.57 Å². The summed E-state index contributed by atoms with van der Waals surface area (Å²) in [5.41, 5.74) is 6.90. The van der Waals surface area contributed by atoms with E-state index >= 15 is 0 Å². The number of aromatic nitrogens is 1. The fourth-order valence-electron chi connectivity index (χ4n) is 2.88. The molecule has 0 saturated carbocycles. The molecule has 0 bridgehead atoms. The van der Waals surface area contributed by atoms with E-state index in [1.54, 1.807) is 0 Å². The van der Waals surface area contributed by atoms with Crippen molar-refractivity contribution in [1.82, 2.24) is 4.57 Å². The number of fused-ring (bicyclic) bond motifs is 5. The SMILES string of the molecule is Cc1ccc2c(c1)Cn1c-2cc2ccccc21. The summed E-state index contributed by atoms with van der Waals surface area (Å²) >= 11 is 0. The van der Waals surface area contributed by atoms with Gasteiger partial charge >= 0.3 is 0 Å².